The topological polar surface area (TPSA) is 128 Å². The van der Waals surface area contributed by atoms with Crippen LogP contribution >= 0.6 is 11.6 Å². The highest BCUT2D eigenvalue weighted by molar-refractivity contribution is 6.32. The number of furan rings is 1. The summed E-state index contributed by atoms with van der Waals surface area (Å²) in [5.41, 5.74) is 6.60. The average molecular weight is 458 g/mol. The SMILES string of the molecule is CCCCOc1ccc(-c2nc(-c3ccc4oc(C(N)(CO)CO)cc4c3)no2)cc1Cl. The van der Waals surface area contributed by atoms with E-state index in [1.807, 2.05) is 12.1 Å². The molecule has 0 saturated heterocycles. The predicted molar refractivity (Wildman–Crippen MR) is 120 cm³/mol. The van der Waals surface area contributed by atoms with Crippen LogP contribution in [-0.4, -0.2) is 40.2 Å². The summed E-state index contributed by atoms with van der Waals surface area (Å²) in [6.45, 7) is 1.81. The molecule has 0 aliphatic rings. The molecule has 0 aliphatic heterocycles. The smallest absolute Gasteiger partial charge is 0.258 e. The highest BCUT2D eigenvalue weighted by Gasteiger charge is 2.30. The van der Waals surface area contributed by atoms with Crippen LogP contribution in [0.5, 0.6) is 5.75 Å². The van der Waals surface area contributed by atoms with Crippen molar-refractivity contribution in [3.05, 3.63) is 53.2 Å². The molecule has 9 heteroatoms. The zero-order valence-electron chi connectivity index (χ0n) is 17.5. The van der Waals surface area contributed by atoms with Gasteiger partial charge in [-0.2, -0.15) is 4.98 Å². The lowest BCUT2D eigenvalue weighted by Gasteiger charge is -2.21. The third-order valence-corrected chi connectivity index (χ3v) is 5.49. The first-order chi connectivity index (χ1) is 15.5. The number of nitrogens with zero attached hydrogens (tertiary/aromatic N) is 2. The average Bonchev–Trinajstić information content (AvgIpc) is 3.47. The van der Waals surface area contributed by atoms with Crippen LogP contribution in [0.2, 0.25) is 5.02 Å². The fourth-order valence-electron chi connectivity index (χ4n) is 3.17. The molecular weight excluding hydrogens is 434 g/mol. The van der Waals surface area contributed by atoms with Gasteiger partial charge < -0.3 is 29.6 Å². The van der Waals surface area contributed by atoms with E-state index in [2.05, 4.69) is 17.1 Å². The maximum atomic E-state index is 9.50. The van der Waals surface area contributed by atoms with E-state index < -0.39 is 18.8 Å². The molecule has 2 aromatic heterocycles. The van der Waals surface area contributed by atoms with Crippen LogP contribution in [0, 0.1) is 0 Å². The molecule has 0 saturated carbocycles. The molecule has 4 N–H and O–H groups in total. The Labute approximate surface area is 189 Å². The molecule has 32 heavy (non-hydrogen) atoms. The van der Waals surface area contributed by atoms with Gasteiger partial charge in [0.2, 0.25) is 5.82 Å². The molecule has 4 rings (SSSR count). The molecule has 0 bridgehead atoms. The molecule has 8 nitrogen and oxygen atoms in total. The van der Waals surface area contributed by atoms with Gasteiger partial charge in [0, 0.05) is 16.5 Å². The van der Waals surface area contributed by atoms with Gasteiger partial charge in [-0.3, -0.25) is 0 Å². The molecule has 0 fully saturated rings. The number of aliphatic hydroxyl groups is 2. The molecule has 0 unspecified atom stereocenters. The normalized spacial score (nSPS) is 11.9. The van der Waals surface area contributed by atoms with Crippen LogP contribution < -0.4 is 10.5 Å². The molecule has 4 aromatic rings. The van der Waals surface area contributed by atoms with Gasteiger partial charge in [-0.25, -0.2) is 0 Å². The van der Waals surface area contributed by atoms with Crippen LogP contribution in [-0.2, 0) is 5.54 Å². The van der Waals surface area contributed by atoms with Crippen LogP contribution in [0.15, 0.2) is 51.4 Å². The maximum Gasteiger partial charge on any atom is 0.258 e. The van der Waals surface area contributed by atoms with E-state index in [9.17, 15) is 10.2 Å². The number of nitrogens with two attached hydrogens (primary N) is 1. The fraction of sp³-hybridized carbons (Fsp3) is 0.304. The van der Waals surface area contributed by atoms with Crippen LogP contribution in [0.1, 0.15) is 25.5 Å². The first kappa shape index (κ1) is 22.3. The van der Waals surface area contributed by atoms with E-state index in [0.29, 0.717) is 51.6 Å². The lowest BCUT2D eigenvalue weighted by atomic mass is 10.00. The molecule has 2 aromatic carbocycles. The van der Waals surface area contributed by atoms with Crippen molar-refractivity contribution in [3.63, 3.8) is 0 Å². The van der Waals surface area contributed by atoms with Crippen LogP contribution in [0.25, 0.3) is 33.8 Å². The van der Waals surface area contributed by atoms with Gasteiger partial charge in [-0.1, -0.05) is 30.1 Å². The quantitative estimate of drug-likeness (QED) is 0.320. The molecular formula is C23H24ClN3O5. The second kappa shape index (κ2) is 9.30. The van der Waals surface area contributed by atoms with Crippen molar-refractivity contribution in [1.29, 1.82) is 0 Å². The summed E-state index contributed by atoms with van der Waals surface area (Å²) >= 11 is 6.34. The Morgan fingerprint density at radius 2 is 1.88 bits per heavy atom. The Morgan fingerprint density at radius 1 is 1.09 bits per heavy atom. The second-order valence-corrected chi connectivity index (χ2v) is 8.01. The monoisotopic (exact) mass is 457 g/mol. The summed E-state index contributed by atoms with van der Waals surface area (Å²) in [5.74, 6) is 1.63. The lowest BCUT2D eigenvalue weighted by Crippen LogP contribution is -2.43. The van der Waals surface area contributed by atoms with Crippen LogP contribution in [0.3, 0.4) is 0 Å². The Bertz CT molecular complexity index is 1220. The van der Waals surface area contributed by atoms with Gasteiger partial charge >= 0.3 is 0 Å². The van der Waals surface area contributed by atoms with E-state index in [1.54, 1.807) is 30.3 Å². The van der Waals surface area contributed by atoms with E-state index in [0.717, 1.165) is 18.2 Å². The number of rotatable bonds is 9. The largest absolute Gasteiger partial charge is 0.492 e. The second-order valence-electron chi connectivity index (χ2n) is 7.61. The van der Waals surface area contributed by atoms with Gasteiger partial charge in [0.25, 0.3) is 5.89 Å². The minimum atomic E-state index is -1.36. The fourth-order valence-corrected chi connectivity index (χ4v) is 3.40. The summed E-state index contributed by atoms with van der Waals surface area (Å²) in [6.07, 6.45) is 2.00. The van der Waals surface area contributed by atoms with E-state index in [1.165, 1.54) is 0 Å². The third-order valence-electron chi connectivity index (χ3n) is 5.19. The van der Waals surface area contributed by atoms with Gasteiger partial charge in [-0.15, -0.1) is 0 Å². The number of aromatic nitrogens is 2. The Kier molecular flexibility index (Phi) is 6.48. The van der Waals surface area contributed by atoms with Crippen molar-refractivity contribution in [3.8, 4) is 28.6 Å². The minimum absolute atomic E-state index is 0.291. The standard InChI is InChI=1S/C23H24ClN3O5/c1-2-3-8-30-19-7-5-15(10-17(19)24)22-26-21(27-32-22)14-4-6-18-16(9-14)11-20(31-18)23(25,12-28)13-29/h4-7,9-11,28-29H,2-3,8,12-13,25H2,1H3. The number of aliphatic hydroxyl groups excluding tert-OH is 2. The van der Waals surface area contributed by atoms with Crippen molar-refractivity contribution in [2.45, 2.75) is 25.3 Å². The summed E-state index contributed by atoms with van der Waals surface area (Å²) < 4.78 is 16.8. The Morgan fingerprint density at radius 3 is 2.59 bits per heavy atom. The van der Waals surface area contributed by atoms with Gasteiger partial charge in [0.05, 0.1) is 24.8 Å². The number of hydrogen-bond acceptors (Lipinski definition) is 8. The van der Waals surface area contributed by atoms with Crippen molar-refractivity contribution in [2.75, 3.05) is 19.8 Å². The highest BCUT2D eigenvalue weighted by atomic mass is 35.5. The molecule has 0 spiro atoms. The number of ether oxygens (including phenoxy) is 1. The summed E-state index contributed by atoms with van der Waals surface area (Å²) in [4.78, 5) is 4.48. The number of halogens is 1. The predicted octanol–water partition coefficient (Wildman–Crippen LogP) is 4.12. The molecule has 0 aliphatic carbocycles. The van der Waals surface area contributed by atoms with Crippen molar-refractivity contribution in [1.82, 2.24) is 10.1 Å². The summed E-state index contributed by atoms with van der Waals surface area (Å²) in [7, 11) is 0. The van der Waals surface area contributed by atoms with Gasteiger partial charge in [-0.05, 0) is 48.9 Å². The van der Waals surface area contributed by atoms with Crippen molar-refractivity contribution in [2.24, 2.45) is 5.73 Å². The van der Waals surface area contributed by atoms with E-state index in [4.69, 9.17) is 31.0 Å². The first-order valence-corrected chi connectivity index (χ1v) is 10.7. The first-order valence-electron chi connectivity index (χ1n) is 10.3. The third kappa shape index (κ3) is 4.35. The van der Waals surface area contributed by atoms with Crippen molar-refractivity contribution < 1.29 is 23.9 Å². The number of fused-ring (bicyclic) bond motifs is 1. The van der Waals surface area contributed by atoms with Crippen LogP contribution in [0.4, 0.5) is 0 Å². The minimum Gasteiger partial charge on any atom is -0.492 e. The zero-order valence-corrected chi connectivity index (χ0v) is 18.3. The van der Waals surface area contributed by atoms with E-state index in [-0.39, 0.29) is 0 Å². The van der Waals surface area contributed by atoms with E-state index >= 15 is 0 Å². The number of benzene rings is 2. The Balaban J connectivity index is 1.58. The maximum absolute atomic E-state index is 9.50. The van der Waals surface area contributed by atoms with Gasteiger partial charge in [0.15, 0.2) is 0 Å². The molecule has 2 heterocycles. The Hall–Kier alpha value is -2.91. The molecule has 168 valence electrons. The van der Waals surface area contributed by atoms with Gasteiger partial charge in [0.1, 0.15) is 22.6 Å². The summed E-state index contributed by atoms with van der Waals surface area (Å²) in [5, 5.41) is 24.3. The number of unbranched alkanes of at least 4 members (excludes halogenated alkanes) is 1. The molecule has 0 atom stereocenters. The highest BCUT2D eigenvalue weighted by Crippen LogP contribution is 2.32. The number of hydrogen-bond donors (Lipinski definition) is 3. The zero-order chi connectivity index (χ0) is 22.7. The molecule has 0 amide bonds. The van der Waals surface area contributed by atoms with Crippen molar-refractivity contribution >= 4 is 22.6 Å². The molecule has 0 radical (unpaired) electrons. The summed E-state index contributed by atoms with van der Waals surface area (Å²) in [6, 6.07) is 12.4. The lowest BCUT2D eigenvalue weighted by molar-refractivity contribution is 0.105.